The average Bonchev–Trinajstić information content (AvgIpc) is 2.79. The molecule has 0 saturated heterocycles. The zero-order chi connectivity index (χ0) is 21.8. The highest BCUT2D eigenvalue weighted by atomic mass is 32.2. The van der Waals surface area contributed by atoms with E-state index in [0.717, 1.165) is 10.5 Å². The molecule has 0 radical (unpaired) electrons. The summed E-state index contributed by atoms with van der Waals surface area (Å²) >= 11 is 1.42. The lowest BCUT2D eigenvalue weighted by molar-refractivity contribution is -0.112. The van der Waals surface area contributed by atoms with Crippen LogP contribution in [0, 0.1) is 6.92 Å². The molecule has 2 N–H and O–H groups in total. The van der Waals surface area contributed by atoms with E-state index in [9.17, 15) is 9.59 Å². The van der Waals surface area contributed by atoms with E-state index in [0.29, 0.717) is 22.7 Å². The van der Waals surface area contributed by atoms with Crippen LogP contribution in [0.4, 0.5) is 5.69 Å². The Morgan fingerprint density at radius 1 is 1.06 bits per heavy atom. The van der Waals surface area contributed by atoms with Crippen LogP contribution in [0.25, 0.3) is 6.08 Å². The van der Waals surface area contributed by atoms with Crippen molar-refractivity contribution < 1.29 is 9.59 Å². The molecule has 0 bridgehead atoms. The largest absolute Gasteiger partial charge is 0.351 e. The molecule has 3 aromatic carbocycles. The van der Waals surface area contributed by atoms with Gasteiger partial charge < -0.3 is 10.6 Å². The van der Waals surface area contributed by atoms with Gasteiger partial charge in [0.25, 0.3) is 11.8 Å². The second kappa shape index (κ2) is 9.23. The topological polar surface area (TPSA) is 58.2 Å². The van der Waals surface area contributed by atoms with E-state index in [-0.39, 0.29) is 17.7 Å². The average molecular weight is 429 g/mol. The minimum absolute atomic E-state index is 0.147. The molecule has 2 amide bonds. The fraction of sp³-hybridized carbons (Fsp3) is 0.154. The van der Waals surface area contributed by atoms with Gasteiger partial charge in [0, 0.05) is 17.0 Å². The van der Waals surface area contributed by atoms with Crippen molar-refractivity contribution in [2.75, 3.05) is 11.9 Å². The van der Waals surface area contributed by atoms with Crippen molar-refractivity contribution in [1.82, 2.24) is 5.32 Å². The van der Waals surface area contributed by atoms with Gasteiger partial charge in [-0.3, -0.25) is 9.59 Å². The maximum absolute atomic E-state index is 12.6. The summed E-state index contributed by atoms with van der Waals surface area (Å²) in [7, 11) is 0. The van der Waals surface area contributed by atoms with Crippen molar-refractivity contribution >= 4 is 35.3 Å². The summed E-state index contributed by atoms with van der Waals surface area (Å²) in [5.74, 6) is -0.0911. The van der Waals surface area contributed by atoms with Crippen LogP contribution >= 0.6 is 11.8 Å². The number of thioether (sulfide) groups is 1. The molecule has 0 aromatic heterocycles. The van der Waals surface area contributed by atoms with Gasteiger partial charge >= 0.3 is 0 Å². The predicted octanol–water partition coefficient (Wildman–Crippen LogP) is 5.61. The number of hydrogen-bond donors (Lipinski definition) is 2. The lowest BCUT2D eigenvalue weighted by Gasteiger charge is -2.20. The molecule has 4 rings (SSSR count). The Labute approximate surface area is 186 Å². The molecule has 0 saturated carbocycles. The first-order valence-corrected chi connectivity index (χ1v) is 11.1. The highest BCUT2D eigenvalue weighted by Crippen LogP contribution is 2.39. The van der Waals surface area contributed by atoms with Gasteiger partial charge in [0.15, 0.2) is 0 Å². The molecule has 1 aliphatic heterocycles. The van der Waals surface area contributed by atoms with E-state index >= 15 is 0 Å². The molecular formula is C26H24N2O2S. The van der Waals surface area contributed by atoms with Crippen LogP contribution in [0.5, 0.6) is 0 Å². The highest BCUT2D eigenvalue weighted by Gasteiger charge is 2.22. The number of amides is 2. The van der Waals surface area contributed by atoms with Crippen LogP contribution in [0.15, 0.2) is 82.6 Å². The molecule has 5 heteroatoms. The molecule has 1 aliphatic rings. The van der Waals surface area contributed by atoms with Crippen molar-refractivity contribution in [1.29, 1.82) is 0 Å². The van der Waals surface area contributed by atoms with Crippen LogP contribution in [0.2, 0.25) is 0 Å². The Hall–Kier alpha value is -3.31. The molecule has 4 nitrogen and oxygen atoms in total. The Bertz CT molecular complexity index is 1140. The number of anilines is 1. The Balaban J connectivity index is 1.44. The molecule has 3 aromatic rings. The van der Waals surface area contributed by atoms with Crippen LogP contribution in [0.3, 0.4) is 0 Å². The number of carbonyl (C=O) groups excluding carboxylic acids is 2. The van der Waals surface area contributed by atoms with Crippen molar-refractivity contribution in [3.63, 3.8) is 0 Å². The van der Waals surface area contributed by atoms with Crippen molar-refractivity contribution in [3.8, 4) is 0 Å². The van der Waals surface area contributed by atoms with Crippen LogP contribution in [0.1, 0.15) is 39.9 Å². The first-order valence-electron chi connectivity index (χ1n) is 10.2. The Kier molecular flexibility index (Phi) is 6.23. The van der Waals surface area contributed by atoms with Gasteiger partial charge in [0.05, 0.1) is 10.6 Å². The number of nitrogens with one attached hydrogen (secondary N) is 2. The van der Waals surface area contributed by atoms with Crippen molar-refractivity contribution in [3.05, 3.63) is 100.0 Å². The molecule has 1 atom stereocenters. The summed E-state index contributed by atoms with van der Waals surface area (Å²) in [4.78, 5) is 26.8. The fourth-order valence-corrected chi connectivity index (χ4v) is 4.29. The summed E-state index contributed by atoms with van der Waals surface area (Å²) in [6.45, 7) is 4.66. The van der Waals surface area contributed by atoms with E-state index < -0.39 is 0 Å². The molecule has 156 valence electrons. The number of fused-ring (bicyclic) bond motifs is 1. The summed E-state index contributed by atoms with van der Waals surface area (Å²) in [6, 6.07) is 23.6. The molecule has 0 spiro atoms. The SMILES string of the molecule is Cc1ccc(/C=C2/Sc3ccc(C(=O)NC[C@@H](C)c4ccccc4)cc3NC2=O)cc1. The summed E-state index contributed by atoms with van der Waals surface area (Å²) in [5, 5.41) is 5.91. The summed E-state index contributed by atoms with van der Waals surface area (Å²) in [5.41, 5.74) is 4.54. The van der Waals surface area contributed by atoms with E-state index in [1.807, 2.05) is 61.5 Å². The van der Waals surface area contributed by atoms with E-state index in [1.54, 1.807) is 12.1 Å². The van der Waals surface area contributed by atoms with Gasteiger partial charge in [-0.1, -0.05) is 78.8 Å². The fourth-order valence-electron chi connectivity index (χ4n) is 3.36. The minimum Gasteiger partial charge on any atom is -0.351 e. The number of benzene rings is 3. The van der Waals surface area contributed by atoms with Crippen LogP contribution < -0.4 is 10.6 Å². The molecule has 0 fully saturated rings. The molecule has 0 aliphatic carbocycles. The Morgan fingerprint density at radius 2 is 1.81 bits per heavy atom. The lowest BCUT2D eigenvalue weighted by atomic mass is 10.0. The predicted molar refractivity (Wildman–Crippen MR) is 127 cm³/mol. The third-order valence-corrected chi connectivity index (χ3v) is 6.35. The van der Waals surface area contributed by atoms with E-state index in [4.69, 9.17) is 0 Å². The summed E-state index contributed by atoms with van der Waals surface area (Å²) < 4.78 is 0. The lowest BCUT2D eigenvalue weighted by Crippen LogP contribution is -2.28. The third-order valence-electron chi connectivity index (χ3n) is 5.25. The molecule has 31 heavy (non-hydrogen) atoms. The van der Waals surface area contributed by atoms with E-state index in [1.165, 1.54) is 22.9 Å². The molecular weight excluding hydrogens is 404 g/mol. The standard InChI is InChI=1S/C26H24N2O2S/c1-17-8-10-19(11-9-17)14-24-26(30)28-22-15-21(12-13-23(22)31-24)25(29)27-16-18(2)20-6-4-3-5-7-20/h3-15,18H,16H2,1-2H3,(H,27,29)(H,28,30)/b24-14+/t18-/m1/s1. The van der Waals surface area contributed by atoms with Crippen LogP contribution in [-0.4, -0.2) is 18.4 Å². The maximum Gasteiger partial charge on any atom is 0.262 e. The normalized spacial score (nSPS) is 15.2. The highest BCUT2D eigenvalue weighted by molar-refractivity contribution is 8.04. The molecule has 1 heterocycles. The molecule has 0 unspecified atom stereocenters. The second-order valence-corrected chi connectivity index (χ2v) is 8.79. The number of rotatable bonds is 5. The maximum atomic E-state index is 12.6. The third kappa shape index (κ3) is 5.06. The smallest absolute Gasteiger partial charge is 0.262 e. The zero-order valence-corrected chi connectivity index (χ0v) is 18.3. The minimum atomic E-state index is -0.159. The zero-order valence-electron chi connectivity index (χ0n) is 17.5. The van der Waals surface area contributed by atoms with Crippen molar-refractivity contribution in [2.45, 2.75) is 24.7 Å². The number of aryl methyl sites for hydroxylation is 1. The van der Waals surface area contributed by atoms with Crippen molar-refractivity contribution in [2.24, 2.45) is 0 Å². The van der Waals surface area contributed by atoms with Gasteiger partial charge in [-0.05, 0) is 48.2 Å². The van der Waals surface area contributed by atoms with Gasteiger partial charge in [-0.2, -0.15) is 0 Å². The van der Waals surface area contributed by atoms with E-state index in [2.05, 4.69) is 29.7 Å². The first-order chi connectivity index (χ1) is 15.0. The number of hydrogen-bond acceptors (Lipinski definition) is 3. The quantitative estimate of drug-likeness (QED) is 0.519. The van der Waals surface area contributed by atoms with Gasteiger partial charge in [-0.15, -0.1) is 0 Å². The second-order valence-electron chi connectivity index (χ2n) is 7.71. The summed E-state index contributed by atoms with van der Waals surface area (Å²) in [6.07, 6.45) is 1.88. The monoisotopic (exact) mass is 428 g/mol. The van der Waals surface area contributed by atoms with Gasteiger partial charge in [0.2, 0.25) is 0 Å². The van der Waals surface area contributed by atoms with Gasteiger partial charge in [0.1, 0.15) is 0 Å². The number of carbonyl (C=O) groups is 2. The first kappa shape index (κ1) is 20.9. The van der Waals surface area contributed by atoms with Gasteiger partial charge in [-0.25, -0.2) is 0 Å². The van der Waals surface area contributed by atoms with Crippen LogP contribution in [-0.2, 0) is 4.79 Å². The Morgan fingerprint density at radius 3 is 2.55 bits per heavy atom.